The van der Waals surface area contributed by atoms with Gasteiger partial charge in [0.15, 0.2) is 0 Å². The molecule has 1 aliphatic heterocycles. The fraction of sp³-hybridized carbons (Fsp3) is 0.579. The summed E-state index contributed by atoms with van der Waals surface area (Å²) < 4.78 is 0. The lowest BCUT2D eigenvalue weighted by molar-refractivity contribution is -0.128. The summed E-state index contributed by atoms with van der Waals surface area (Å²) in [6.45, 7) is 12.7. The Morgan fingerprint density at radius 1 is 1.13 bits per heavy atom. The third-order valence-corrected chi connectivity index (χ3v) is 4.21. The van der Waals surface area contributed by atoms with Gasteiger partial charge in [0.2, 0.25) is 6.10 Å². The molecule has 0 saturated carbocycles. The Bertz CT molecular complexity index is 621. The SMILES string of the molecule is CN(C(=O)[C@H]1CC(C(C)(C)C)=NO1)c1ccccc1C(C)(C)C. The summed E-state index contributed by atoms with van der Waals surface area (Å²) in [6.07, 6.45) is 0.0342. The van der Waals surface area contributed by atoms with Gasteiger partial charge in [0.05, 0.1) is 5.71 Å². The van der Waals surface area contributed by atoms with Crippen molar-refractivity contribution in [2.45, 2.75) is 59.5 Å². The number of benzene rings is 1. The highest BCUT2D eigenvalue weighted by atomic mass is 16.6. The minimum Gasteiger partial charge on any atom is -0.382 e. The molecule has 1 heterocycles. The Morgan fingerprint density at radius 2 is 1.74 bits per heavy atom. The highest BCUT2D eigenvalue weighted by molar-refractivity contribution is 6.02. The minimum atomic E-state index is -0.526. The molecular weight excluding hydrogens is 288 g/mol. The van der Waals surface area contributed by atoms with Gasteiger partial charge in [0, 0.05) is 24.6 Å². The lowest BCUT2D eigenvalue weighted by Gasteiger charge is -2.28. The van der Waals surface area contributed by atoms with E-state index >= 15 is 0 Å². The Labute approximate surface area is 139 Å². The number of oxime groups is 1. The van der Waals surface area contributed by atoms with Crippen LogP contribution in [0, 0.1) is 5.41 Å². The van der Waals surface area contributed by atoms with E-state index in [1.54, 1.807) is 4.90 Å². The van der Waals surface area contributed by atoms with Crippen LogP contribution in [0.15, 0.2) is 29.4 Å². The van der Waals surface area contributed by atoms with Gasteiger partial charge in [0.1, 0.15) is 0 Å². The van der Waals surface area contributed by atoms with Gasteiger partial charge in [-0.15, -0.1) is 0 Å². The molecule has 0 fully saturated rings. The van der Waals surface area contributed by atoms with E-state index in [2.05, 4.69) is 52.8 Å². The van der Waals surface area contributed by atoms with E-state index in [-0.39, 0.29) is 16.7 Å². The van der Waals surface area contributed by atoms with Crippen LogP contribution in [0.1, 0.15) is 53.5 Å². The molecule has 23 heavy (non-hydrogen) atoms. The smallest absolute Gasteiger partial charge is 0.271 e. The van der Waals surface area contributed by atoms with E-state index in [9.17, 15) is 4.79 Å². The highest BCUT2D eigenvalue weighted by Gasteiger charge is 2.36. The summed E-state index contributed by atoms with van der Waals surface area (Å²) in [7, 11) is 1.81. The Morgan fingerprint density at radius 3 is 2.26 bits per heavy atom. The van der Waals surface area contributed by atoms with Crippen molar-refractivity contribution in [2.24, 2.45) is 10.6 Å². The van der Waals surface area contributed by atoms with Crippen molar-refractivity contribution in [3.8, 4) is 0 Å². The predicted octanol–water partition coefficient (Wildman–Crippen LogP) is 4.14. The van der Waals surface area contributed by atoms with Crippen LogP contribution in [0.4, 0.5) is 5.69 Å². The van der Waals surface area contributed by atoms with Crippen molar-refractivity contribution in [1.82, 2.24) is 0 Å². The molecule has 1 aromatic carbocycles. The molecule has 0 saturated heterocycles. The quantitative estimate of drug-likeness (QED) is 0.823. The van der Waals surface area contributed by atoms with Crippen LogP contribution in [0.3, 0.4) is 0 Å². The van der Waals surface area contributed by atoms with E-state index in [1.807, 2.05) is 25.2 Å². The molecule has 0 aliphatic carbocycles. The fourth-order valence-electron chi connectivity index (χ4n) is 2.69. The maximum absolute atomic E-state index is 12.8. The van der Waals surface area contributed by atoms with Gasteiger partial charge in [-0.3, -0.25) is 4.79 Å². The summed E-state index contributed by atoms with van der Waals surface area (Å²) in [5.41, 5.74) is 2.91. The average Bonchev–Trinajstić information content (AvgIpc) is 2.94. The lowest BCUT2D eigenvalue weighted by atomic mass is 9.85. The standard InChI is InChI=1S/C19H28N2O2/c1-18(2,3)13-10-8-9-11-14(13)21(7)17(22)15-12-16(20-23-15)19(4,5)6/h8-11,15H,12H2,1-7H3/t15-/m1/s1. The van der Waals surface area contributed by atoms with Gasteiger partial charge in [-0.1, -0.05) is 64.9 Å². The first-order chi connectivity index (χ1) is 10.5. The molecule has 0 aromatic heterocycles. The second kappa shape index (κ2) is 5.99. The van der Waals surface area contributed by atoms with Gasteiger partial charge in [-0.25, -0.2) is 0 Å². The Kier molecular flexibility index (Phi) is 4.56. The number of hydrogen-bond donors (Lipinski definition) is 0. The molecule has 0 unspecified atom stereocenters. The van der Waals surface area contributed by atoms with Crippen LogP contribution < -0.4 is 4.90 Å². The topological polar surface area (TPSA) is 41.9 Å². The Hall–Kier alpha value is -1.84. The zero-order chi connectivity index (χ0) is 17.4. The van der Waals surface area contributed by atoms with E-state index < -0.39 is 6.10 Å². The van der Waals surface area contributed by atoms with Crippen molar-refractivity contribution in [1.29, 1.82) is 0 Å². The number of para-hydroxylation sites is 1. The van der Waals surface area contributed by atoms with Crippen LogP contribution in [-0.4, -0.2) is 24.8 Å². The van der Waals surface area contributed by atoms with Crippen molar-refractivity contribution in [3.05, 3.63) is 29.8 Å². The number of carbonyl (C=O) groups is 1. The molecule has 4 heteroatoms. The molecule has 0 radical (unpaired) electrons. The van der Waals surface area contributed by atoms with Crippen LogP contribution in [0.25, 0.3) is 0 Å². The zero-order valence-corrected chi connectivity index (χ0v) is 15.3. The summed E-state index contributed by atoms with van der Waals surface area (Å²) >= 11 is 0. The third-order valence-electron chi connectivity index (χ3n) is 4.21. The molecule has 1 amide bonds. The van der Waals surface area contributed by atoms with E-state index in [0.29, 0.717) is 6.42 Å². The number of anilines is 1. The molecule has 0 spiro atoms. The second-order valence-electron chi connectivity index (χ2n) is 8.25. The average molecular weight is 316 g/mol. The number of carbonyl (C=O) groups excluding carboxylic acids is 1. The lowest BCUT2D eigenvalue weighted by Crippen LogP contribution is -2.38. The number of likely N-dealkylation sites (N-methyl/N-ethyl adjacent to an activating group) is 1. The van der Waals surface area contributed by atoms with Gasteiger partial charge >= 0.3 is 0 Å². The Balaban J connectivity index is 2.20. The number of amides is 1. The number of nitrogens with zero attached hydrogens (tertiary/aromatic N) is 2. The summed E-state index contributed by atoms with van der Waals surface area (Å²) in [5, 5.41) is 4.13. The van der Waals surface area contributed by atoms with Gasteiger partial charge < -0.3 is 9.74 Å². The fourth-order valence-corrected chi connectivity index (χ4v) is 2.69. The van der Waals surface area contributed by atoms with Crippen molar-refractivity contribution < 1.29 is 9.63 Å². The maximum Gasteiger partial charge on any atom is 0.271 e. The largest absolute Gasteiger partial charge is 0.382 e. The third kappa shape index (κ3) is 3.74. The van der Waals surface area contributed by atoms with Gasteiger partial charge in [-0.05, 0) is 17.0 Å². The molecule has 4 nitrogen and oxygen atoms in total. The van der Waals surface area contributed by atoms with Crippen LogP contribution in [0.5, 0.6) is 0 Å². The molecule has 0 N–H and O–H groups in total. The van der Waals surface area contributed by atoms with Crippen molar-refractivity contribution >= 4 is 17.3 Å². The van der Waals surface area contributed by atoms with Crippen LogP contribution in [-0.2, 0) is 15.0 Å². The van der Waals surface area contributed by atoms with Gasteiger partial charge in [-0.2, -0.15) is 0 Å². The molecule has 1 aromatic rings. The summed E-state index contributed by atoms with van der Waals surface area (Å²) in [5.74, 6) is -0.0512. The molecule has 0 bridgehead atoms. The van der Waals surface area contributed by atoms with Crippen molar-refractivity contribution in [2.75, 3.05) is 11.9 Å². The van der Waals surface area contributed by atoms with Gasteiger partial charge in [0.25, 0.3) is 5.91 Å². The maximum atomic E-state index is 12.8. The number of rotatable bonds is 2. The summed E-state index contributed by atoms with van der Waals surface area (Å²) in [4.78, 5) is 19.9. The first kappa shape index (κ1) is 17.5. The number of hydrogen-bond acceptors (Lipinski definition) is 3. The van der Waals surface area contributed by atoms with E-state index in [1.165, 1.54) is 0 Å². The zero-order valence-electron chi connectivity index (χ0n) is 15.3. The molecule has 1 aliphatic rings. The van der Waals surface area contributed by atoms with Crippen LogP contribution in [0.2, 0.25) is 0 Å². The van der Waals surface area contributed by atoms with Crippen LogP contribution >= 0.6 is 0 Å². The van der Waals surface area contributed by atoms with E-state index in [0.717, 1.165) is 17.0 Å². The highest BCUT2D eigenvalue weighted by Crippen LogP contribution is 2.33. The first-order valence-electron chi connectivity index (χ1n) is 8.12. The predicted molar refractivity (Wildman–Crippen MR) is 94.9 cm³/mol. The normalized spacial score (nSPS) is 18.4. The molecule has 2 rings (SSSR count). The summed E-state index contributed by atoms with van der Waals surface area (Å²) in [6, 6.07) is 8.03. The van der Waals surface area contributed by atoms with E-state index in [4.69, 9.17) is 4.84 Å². The second-order valence-corrected chi connectivity index (χ2v) is 8.25. The molecular formula is C19H28N2O2. The minimum absolute atomic E-state index is 0.0330. The first-order valence-corrected chi connectivity index (χ1v) is 8.12. The molecule has 1 atom stereocenters. The monoisotopic (exact) mass is 316 g/mol. The molecule has 126 valence electrons. The van der Waals surface area contributed by atoms with Crippen molar-refractivity contribution in [3.63, 3.8) is 0 Å².